The van der Waals surface area contributed by atoms with Crippen molar-refractivity contribution in [3.8, 4) is 0 Å². The SMILES string of the molecule is CCN(CC)C(=O)c1ccc(/C(O)=N/N=C/C=C2\N(CC)c3ccccc3C2(C)Cc2ccccc2)cc1.[Co]. The smallest absolute Gasteiger partial charge is 0.253 e. The Morgan fingerprint density at radius 2 is 1.54 bits per heavy atom. The number of fused-ring (bicyclic) bond motifs is 1. The molecule has 1 heterocycles. The Labute approximate surface area is 242 Å². The van der Waals surface area contributed by atoms with Gasteiger partial charge in [-0.3, -0.25) is 4.79 Å². The molecule has 1 aliphatic rings. The van der Waals surface area contributed by atoms with Gasteiger partial charge in [0, 0.05) is 64.3 Å². The van der Waals surface area contributed by atoms with Gasteiger partial charge in [0.05, 0.1) is 6.21 Å². The molecule has 1 radical (unpaired) electrons. The molecule has 1 unspecified atom stereocenters. The van der Waals surface area contributed by atoms with Crippen LogP contribution in [0.5, 0.6) is 0 Å². The van der Waals surface area contributed by atoms with Crippen molar-refractivity contribution in [3.63, 3.8) is 0 Å². The second-order valence-electron chi connectivity index (χ2n) is 9.55. The summed E-state index contributed by atoms with van der Waals surface area (Å²) in [5.41, 5.74) is 5.75. The third kappa shape index (κ3) is 6.32. The first kappa shape index (κ1) is 29.9. The Bertz CT molecular complexity index is 1350. The fourth-order valence-electron chi connectivity index (χ4n) is 5.25. The number of anilines is 1. The standard InChI is InChI=1S/C32H36N4O2.Co/c1-5-35(6-2)31(38)26-19-17-25(18-20-26)30(37)34-33-22-21-29-32(4,23-24-13-9-8-10-14-24)27-15-11-12-16-28(27)36(29)7-3;/h8-22H,5-7,23H2,1-4H3,(H,34,37);/b29-21-,33-22+;. The molecule has 0 aliphatic carbocycles. The summed E-state index contributed by atoms with van der Waals surface area (Å²) in [5, 5.41) is 18.7. The van der Waals surface area contributed by atoms with Crippen LogP contribution in [0.3, 0.4) is 0 Å². The zero-order valence-corrected chi connectivity index (χ0v) is 24.0. The summed E-state index contributed by atoms with van der Waals surface area (Å²) in [5.74, 6) is -0.227. The van der Waals surface area contributed by atoms with Crippen LogP contribution in [0, 0.1) is 0 Å². The average Bonchev–Trinajstić information content (AvgIpc) is 3.19. The van der Waals surface area contributed by atoms with Crippen LogP contribution in [0.25, 0.3) is 0 Å². The van der Waals surface area contributed by atoms with E-state index in [1.807, 2.05) is 26.0 Å². The second-order valence-corrected chi connectivity index (χ2v) is 9.55. The molecule has 1 amide bonds. The fourth-order valence-corrected chi connectivity index (χ4v) is 5.25. The predicted molar refractivity (Wildman–Crippen MR) is 156 cm³/mol. The fraction of sp³-hybridized carbons (Fsp3) is 0.281. The van der Waals surface area contributed by atoms with Crippen molar-refractivity contribution < 1.29 is 26.7 Å². The molecule has 0 saturated heterocycles. The molecule has 1 aliphatic heterocycles. The van der Waals surface area contributed by atoms with Gasteiger partial charge in [-0.2, -0.15) is 5.10 Å². The van der Waals surface area contributed by atoms with Crippen molar-refractivity contribution in [1.29, 1.82) is 0 Å². The number of rotatable bonds is 9. The second kappa shape index (κ2) is 13.4. The van der Waals surface area contributed by atoms with Gasteiger partial charge in [-0.15, -0.1) is 5.10 Å². The van der Waals surface area contributed by atoms with Crippen LogP contribution in [0.4, 0.5) is 5.69 Å². The molecule has 0 spiro atoms. The van der Waals surface area contributed by atoms with Gasteiger partial charge in [0.15, 0.2) is 0 Å². The van der Waals surface area contributed by atoms with Gasteiger partial charge in [0.2, 0.25) is 5.90 Å². The van der Waals surface area contributed by atoms with E-state index in [1.165, 1.54) is 16.8 Å². The minimum Gasteiger partial charge on any atom is -0.492 e. The quantitative estimate of drug-likeness (QED) is 0.185. The molecular formula is C32H36CoN4O2. The van der Waals surface area contributed by atoms with E-state index in [1.54, 1.807) is 35.4 Å². The third-order valence-corrected chi connectivity index (χ3v) is 7.25. The van der Waals surface area contributed by atoms with Crippen LogP contribution in [0.2, 0.25) is 0 Å². The van der Waals surface area contributed by atoms with Crippen LogP contribution in [0.1, 0.15) is 54.7 Å². The number of hydrogen-bond donors (Lipinski definition) is 1. The number of para-hydroxylation sites is 1. The van der Waals surface area contributed by atoms with Crippen LogP contribution in [-0.4, -0.2) is 47.7 Å². The minimum atomic E-state index is -0.237. The van der Waals surface area contributed by atoms with Gasteiger partial charge in [-0.25, -0.2) is 0 Å². The van der Waals surface area contributed by atoms with E-state index in [-0.39, 0.29) is 34.0 Å². The Kier molecular flexibility index (Phi) is 10.3. The number of hydrogen-bond acceptors (Lipinski definition) is 4. The van der Waals surface area contributed by atoms with Crippen molar-refractivity contribution in [3.05, 3.63) is 113 Å². The first-order valence-corrected chi connectivity index (χ1v) is 13.2. The monoisotopic (exact) mass is 567 g/mol. The van der Waals surface area contributed by atoms with Crippen molar-refractivity contribution in [2.45, 2.75) is 39.5 Å². The summed E-state index contributed by atoms with van der Waals surface area (Å²) in [6, 6.07) is 25.8. The zero-order valence-electron chi connectivity index (χ0n) is 23.0. The van der Waals surface area contributed by atoms with E-state index < -0.39 is 0 Å². The molecule has 4 rings (SSSR count). The van der Waals surface area contributed by atoms with Crippen LogP contribution < -0.4 is 4.90 Å². The van der Waals surface area contributed by atoms with E-state index in [4.69, 9.17) is 0 Å². The van der Waals surface area contributed by atoms with E-state index in [9.17, 15) is 9.90 Å². The summed E-state index contributed by atoms with van der Waals surface area (Å²) in [6.07, 6.45) is 4.49. The number of likely N-dealkylation sites (N-methyl/N-ethyl adjacent to an activating group) is 1. The average molecular weight is 568 g/mol. The Balaban J connectivity index is 0.00000420. The summed E-state index contributed by atoms with van der Waals surface area (Å²) in [4.78, 5) is 16.6. The molecule has 205 valence electrons. The van der Waals surface area contributed by atoms with Crippen LogP contribution >= 0.6 is 0 Å². The Morgan fingerprint density at radius 3 is 2.18 bits per heavy atom. The van der Waals surface area contributed by atoms with Crippen molar-refractivity contribution in [2.24, 2.45) is 10.2 Å². The van der Waals surface area contributed by atoms with E-state index in [2.05, 4.69) is 77.5 Å². The molecule has 0 aromatic heterocycles. The van der Waals surface area contributed by atoms with Gasteiger partial charge in [-0.05, 0) is 81.7 Å². The number of aliphatic hydroxyl groups excluding tert-OH is 1. The molecule has 6 nitrogen and oxygen atoms in total. The number of amides is 1. The number of carbonyl (C=O) groups excluding carboxylic acids is 1. The summed E-state index contributed by atoms with van der Waals surface area (Å²) in [7, 11) is 0. The minimum absolute atomic E-state index is 0. The predicted octanol–water partition coefficient (Wildman–Crippen LogP) is 6.38. The molecule has 3 aromatic rings. The molecule has 39 heavy (non-hydrogen) atoms. The van der Waals surface area contributed by atoms with Gasteiger partial charge >= 0.3 is 0 Å². The summed E-state index contributed by atoms with van der Waals surface area (Å²) >= 11 is 0. The number of aliphatic hydroxyl groups is 1. The van der Waals surface area contributed by atoms with Crippen LogP contribution in [0.15, 0.2) is 101 Å². The number of nitrogens with zero attached hydrogens (tertiary/aromatic N) is 4. The Morgan fingerprint density at radius 1 is 0.923 bits per heavy atom. The topological polar surface area (TPSA) is 68.5 Å². The Hall–Kier alpha value is -3.68. The zero-order chi connectivity index (χ0) is 27.1. The van der Waals surface area contributed by atoms with E-state index in [0.717, 1.165) is 18.7 Å². The van der Waals surface area contributed by atoms with Crippen LogP contribution in [-0.2, 0) is 28.6 Å². The molecule has 7 heteroatoms. The molecular weight excluding hydrogens is 531 g/mol. The molecule has 0 saturated carbocycles. The number of carbonyl (C=O) groups is 1. The molecule has 1 N–H and O–H groups in total. The molecule has 0 fully saturated rings. The molecule has 0 bridgehead atoms. The normalized spacial score (nSPS) is 17.8. The van der Waals surface area contributed by atoms with Crippen molar-refractivity contribution >= 4 is 23.7 Å². The maximum atomic E-state index is 12.5. The third-order valence-electron chi connectivity index (χ3n) is 7.25. The summed E-state index contributed by atoms with van der Waals surface area (Å²) in [6.45, 7) is 10.5. The van der Waals surface area contributed by atoms with Gasteiger partial charge in [0.25, 0.3) is 5.91 Å². The molecule has 1 atom stereocenters. The van der Waals surface area contributed by atoms with Crippen molar-refractivity contribution in [1.82, 2.24) is 4.90 Å². The van der Waals surface area contributed by atoms with Crippen molar-refractivity contribution in [2.75, 3.05) is 24.5 Å². The number of allylic oxidation sites excluding steroid dienone is 2. The van der Waals surface area contributed by atoms with Gasteiger partial charge < -0.3 is 14.9 Å². The first-order chi connectivity index (χ1) is 18.4. The van der Waals surface area contributed by atoms with E-state index >= 15 is 0 Å². The van der Waals surface area contributed by atoms with E-state index in [0.29, 0.717) is 24.2 Å². The van der Waals surface area contributed by atoms with Gasteiger partial charge in [0.1, 0.15) is 0 Å². The number of benzene rings is 3. The largest absolute Gasteiger partial charge is 0.492 e. The summed E-state index contributed by atoms with van der Waals surface area (Å²) < 4.78 is 0. The molecule has 3 aromatic carbocycles. The van der Waals surface area contributed by atoms with Gasteiger partial charge in [-0.1, -0.05) is 48.5 Å². The maximum absolute atomic E-state index is 12.5. The first-order valence-electron chi connectivity index (χ1n) is 13.2. The maximum Gasteiger partial charge on any atom is 0.253 e.